The number of aromatic nitrogens is 4. The zero-order valence-corrected chi connectivity index (χ0v) is 14.2. The number of rotatable bonds is 3. The fourth-order valence-corrected chi connectivity index (χ4v) is 2.38. The maximum Gasteiger partial charge on any atom is 0.416 e. The Morgan fingerprint density at radius 3 is 2.58 bits per heavy atom. The van der Waals surface area contributed by atoms with Crippen molar-refractivity contribution in [3.05, 3.63) is 47.5 Å². The van der Waals surface area contributed by atoms with Crippen LogP contribution in [0.15, 0.2) is 30.5 Å². The molecule has 0 fully saturated rings. The van der Waals surface area contributed by atoms with Crippen LogP contribution in [0.5, 0.6) is 0 Å². The third-order valence-corrected chi connectivity index (χ3v) is 3.69. The average Bonchev–Trinajstić information content (AvgIpc) is 2.99. The van der Waals surface area contributed by atoms with E-state index in [9.17, 15) is 18.0 Å². The van der Waals surface area contributed by atoms with Gasteiger partial charge in [-0.15, -0.1) is 5.10 Å². The number of hydrogen-bond donors (Lipinski definition) is 1. The minimum atomic E-state index is -4.52. The molecule has 136 valence electrons. The second-order valence-electron chi connectivity index (χ2n) is 5.81. The molecule has 0 radical (unpaired) electrons. The van der Waals surface area contributed by atoms with E-state index in [1.807, 2.05) is 0 Å². The van der Waals surface area contributed by atoms with Gasteiger partial charge in [-0.05, 0) is 31.2 Å². The lowest BCUT2D eigenvalue weighted by Gasteiger charge is -2.19. The molecule has 1 amide bonds. The number of aryl methyl sites for hydroxylation is 1. The van der Waals surface area contributed by atoms with Crippen LogP contribution in [0.2, 0.25) is 0 Å². The van der Waals surface area contributed by atoms with Gasteiger partial charge in [-0.25, -0.2) is 9.50 Å². The number of fused-ring (bicyclic) bond motifs is 1. The first-order chi connectivity index (χ1) is 12.2. The minimum absolute atomic E-state index is 0.0124. The molecule has 0 spiro atoms. The number of hydrogen-bond acceptors (Lipinski definition) is 5. The van der Waals surface area contributed by atoms with Crippen molar-refractivity contribution in [3.63, 3.8) is 0 Å². The molecule has 0 atom stereocenters. The van der Waals surface area contributed by atoms with Crippen LogP contribution in [0, 0.1) is 6.92 Å². The molecule has 2 aromatic heterocycles. The van der Waals surface area contributed by atoms with Gasteiger partial charge in [-0.3, -0.25) is 4.79 Å². The number of carbonyl (C=O) groups is 1. The molecular weight excluding hydrogens is 349 g/mol. The van der Waals surface area contributed by atoms with Crippen molar-refractivity contribution in [2.75, 3.05) is 24.3 Å². The summed E-state index contributed by atoms with van der Waals surface area (Å²) in [6.07, 6.45) is -3.00. The summed E-state index contributed by atoms with van der Waals surface area (Å²) in [5.41, 5.74) is 0.288. The predicted octanol–water partition coefficient (Wildman–Crippen LogP) is 2.77. The Morgan fingerprint density at radius 2 is 1.96 bits per heavy atom. The van der Waals surface area contributed by atoms with E-state index in [1.54, 1.807) is 32.0 Å². The molecule has 0 aliphatic carbocycles. The summed E-state index contributed by atoms with van der Waals surface area (Å²) in [5, 5.41) is 6.50. The van der Waals surface area contributed by atoms with Crippen LogP contribution in [0.4, 0.5) is 24.5 Å². The van der Waals surface area contributed by atoms with Gasteiger partial charge in [0.1, 0.15) is 0 Å². The number of anilines is 2. The summed E-state index contributed by atoms with van der Waals surface area (Å²) in [5.74, 6) is -0.682. The highest BCUT2D eigenvalue weighted by Crippen LogP contribution is 2.35. The van der Waals surface area contributed by atoms with Gasteiger partial charge in [0, 0.05) is 26.0 Å². The van der Waals surface area contributed by atoms with Gasteiger partial charge in [-0.1, -0.05) is 0 Å². The van der Waals surface area contributed by atoms with Crippen molar-refractivity contribution >= 4 is 23.1 Å². The van der Waals surface area contributed by atoms with Gasteiger partial charge in [0.15, 0.2) is 0 Å². The van der Waals surface area contributed by atoms with E-state index in [2.05, 4.69) is 20.4 Å². The molecule has 3 rings (SSSR count). The molecule has 2 heterocycles. The van der Waals surface area contributed by atoms with Crippen molar-refractivity contribution in [2.45, 2.75) is 13.1 Å². The first-order valence-electron chi connectivity index (χ1n) is 7.55. The fourth-order valence-electron chi connectivity index (χ4n) is 2.38. The summed E-state index contributed by atoms with van der Waals surface area (Å²) >= 11 is 0. The quantitative estimate of drug-likeness (QED) is 0.773. The third-order valence-electron chi connectivity index (χ3n) is 3.69. The smallest absolute Gasteiger partial charge is 0.376 e. The first-order valence-corrected chi connectivity index (χ1v) is 7.55. The number of alkyl halides is 3. The summed E-state index contributed by atoms with van der Waals surface area (Å²) in [6, 6.07) is 4.83. The summed E-state index contributed by atoms with van der Waals surface area (Å²) in [7, 11) is 3.32. The maximum atomic E-state index is 13.0. The third kappa shape index (κ3) is 3.30. The van der Waals surface area contributed by atoms with Crippen LogP contribution >= 0.6 is 0 Å². The molecular formula is C16H15F3N6O. The molecule has 1 aromatic carbocycles. The normalized spacial score (nSPS) is 11.6. The highest BCUT2D eigenvalue weighted by molar-refractivity contribution is 6.03. The van der Waals surface area contributed by atoms with Crippen LogP contribution in [-0.4, -0.2) is 39.6 Å². The molecule has 10 heteroatoms. The standard InChI is InChI=1S/C16H15F3N6O/c1-9-6-7-20-15-22-13(23-25(9)15)14(26)21-11-8-10(16(17,18)19)4-5-12(11)24(2)3/h4-8H,1-3H3,(H,21,26). The highest BCUT2D eigenvalue weighted by atomic mass is 19.4. The molecule has 26 heavy (non-hydrogen) atoms. The average molecular weight is 364 g/mol. The predicted molar refractivity (Wildman–Crippen MR) is 89.2 cm³/mol. The van der Waals surface area contributed by atoms with Crippen molar-refractivity contribution in [1.29, 1.82) is 0 Å². The number of halogens is 3. The van der Waals surface area contributed by atoms with E-state index in [4.69, 9.17) is 0 Å². The van der Waals surface area contributed by atoms with Crippen molar-refractivity contribution in [2.24, 2.45) is 0 Å². The summed E-state index contributed by atoms with van der Waals surface area (Å²) < 4.78 is 40.3. The Balaban J connectivity index is 1.98. The molecule has 0 unspecified atom stereocenters. The lowest BCUT2D eigenvalue weighted by atomic mass is 10.1. The van der Waals surface area contributed by atoms with Crippen molar-refractivity contribution in [3.8, 4) is 0 Å². The van der Waals surface area contributed by atoms with Gasteiger partial charge < -0.3 is 10.2 Å². The molecule has 0 aliphatic rings. The van der Waals surface area contributed by atoms with Gasteiger partial charge in [0.2, 0.25) is 5.82 Å². The fraction of sp³-hybridized carbons (Fsp3) is 0.250. The monoisotopic (exact) mass is 364 g/mol. The molecule has 0 saturated heterocycles. The summed E-state index contributed by atoms with van der Waals surface area (Å²) in [6.45, 7) is 1.77. The Kier molecular flexibility index (Phi) is 4.26. The number of nitrogens with one attached hydrogen (secondary N) is 1. The van der Waals surface area contributed by atoms with E-state index in [0.717, 1.165) is 17.8 Å². The molecule has 0 saturated carbocycles. The number of amides is 1. The minimum Gasteiger partial charge on any atom is -0.376 e. The van der Waals surface area contributed by atoms with E-state index in [0.29, 0.717) is 5.69 Å². The zero-order valence-electron chi connectivity index (χ0n) is 14.2. The van der Waals surface area contributed by atoms with Crippen molar-refractivity contribution < 1.29 is 18.0 Å². The Hall–Kier alpha value is -3.17. The topological polar surface area (TPSA) is 75.4 Å². The molecule has 0 bridgehead atoms. The molecule has 0 aliphatic heterocycles. The molecule has 7 nitrogen and oxygen atoms in total. The first kappa shape index (κ1) is 17.6. The van der Waals surface area contributed by atoms with E-state index in [-0.39, 0.29) is 17.3 Å². The lowest BCUT2D eigenvalue weighted by Crippen LogP contribution is -2.19. The molecule has 3 aromatic rings. The van der Waals surface area contributed by atoms with Gasteiger partial charge in [0.05, 0.1) is 16.9 Å². The van der Waals surface area contributed by atoms with Crippen LogP contribution in [0.1, 0.15) is 21.9 Å². The number of benzene rings is 1. The summed E-state index contributed by atoms with van der Waals surface area (Å²) in [4.78, 5) is 22.1. The zero-order chi connectivity index (χ0) is 19.1. The Bertz CT molecular complexity index is 980. The SMILES string of the molecule is Cc1ccnc2nc(C(=O)Nc3cc(C(F)(F)F)ccc3N(C)C)nn12. The Morgan fingerprint density at radius 1 is 1.23 bits per heavy atom. The van der Waals surface area contributed by atoms with Crippen LogP contribution in [-0.2, 0) is 6.18 Å². The van der Waals surface area contributed by atoms with Crippen LogP contribution in [0.3, 0.4) is 0 Å². The van der Waals surface area contributed by atoms with E-state index < -0.39 is 17.6 Å². The second-order valence-corrected chi connectivity index (χ2v) is 5.81. The van der Waals surface area contributed by atoms with Gasteiger partial charge in [-0.2, -0.15) is 18.2 Å². The van der Waals surface area contributed by atoms with Gasteiger partial charge >= 0.3 is 6.18 Å². The highest BCUT2D eigenvalue weighted by Gasteiger charge is 2.31. The van der Waals surface area contributed by atoms with Crippen LogP contribution < -0.4 is 10.2 Å². The van der Waals surface area contributed by atoms with E-state index >= 15 is 0 Å². The van der Waals surface area contributed by atoms with Crippen LogP contribution in [0.25, 0.3) is 5.78 Å². The largest absolute Gasteiger partial charge is 0.416 e. The van der Waals surface area contributed by atoms with Gasteiger partial charge in [0.25, 0.3) is 11.7 Å². The lowest BCUT2D eigenvalue weighted by molar-refractivity contribution is -0.137. The Labute approximate surface area is 146 Å². The second kappa shape index (κ2) is 6.28. The molecule has 1 N–H and O–H groups in total. The van der Waals surface area contributed by atoms with Crippen molar-refractivity contribution in [1.82, 2.24) is 19.6 Å². The number of nitrogens with zero attached hydrogens (tertiary/aromatic N) is 5. The van der Waals surface area contributed by atoms with E-state index in [1.165, 1.54) is 16.8 Å². The maximum absolute atomic E-state index is 13.0. The number of carbonyl (C=O) groups excluding carboxylic acids is 1.